The molecule has 0 unspecified atom stereocenters. The molecule has 1 aromatic carbocycles. The van der Waals surface area contributed by atoms with Crippen LogP contribution in [0.25, 0.3) is 0 Å². The number of nitrogens with one attached hydrogen (secondary N) is 1. The molecule has 2 rings (SSSR count). The summed E-state index contributed by atoms with van der Waals surface area (Å²) in [7, 11) is 1.88. The van der Waals surface area contributed by atoms with Crippen LogP contribution in [0.3, 0.4) is 0 Å². The Hall–Kier alpha value is -1.85. The fourth-order valence-corrected chi connectivity index (χ4v) is 2.76. The highest BCUT2D eigenvalue weighted by molar-refractivity contribution is 14.0. The third kappa shape index (κ3) is 8.11. The number of aromatic nitrogens is 3. The molecule has 30 heavy (non-hydrogen) atoms. The number of aliphatic imine (C=N–C) groups is 1. The van der Waals surface area contributed by atoms with Crippen LogP contribution in [0.1, 0.15) is 37.7 Å². The molecule has 0 fully saturated rings. The van der Waals surface area contributed by atoms with Crippen molar-refractivity contribution in [3.63, 3.8) is 0 Å². The second-order valence-corrected chi connectivity index (χ2v) is 7.33. The second-order valence-electron chi connectivity index (χ2n) is 7.33. The molecule has 1 heterocycles. The van der Waals surface area contributed by atoms with Gasteiger partial charge in [0.25, 0.3) is 0 Å². The molecule has 0 bridgehead atoms. The van der Waals surface area contributed by atoms with E-state index in [2.05, 4.69) is 34.4 Å². The van der Waals surface area contributed by atoms with Crippen molar-refractivity contribution in [3.05, 3.63) is 47.5 Å². The average Bonchev–Trinajstić information content (AvgIpc) is 3.11. The van der Waals surface area contributed by atoms with Crippen molar-refractivity contribution in [1.29, 1.82) is 0 Å². The molecule has 6 nitrogen and oxygen atoms in total. The Balaban J connectivity index is 0.00000450. The summed E-state index contributed by atoms with van der Waals surface area (Å²) in [5.41, 5.74) is 0.142. The quantitative estimate of drug-likeness (QED) is 0.311. The van der Waals surface area contributed by atoms with Crippen molar-refractivity contribution < 1.29 is 13.2 Å². The molecule has 1 N–H and O–H groups in total. The summed E-state index contributed by atoms with van der Waals surface area (Å²) in [6, 6.07) is 5.23. The number of alkyl halides is 3. The minimum absolute atomic E-state index is 0. The van der Waals surface area contributed by atoms with Gasteiger partial charge in [-0.3, -0.25) is 4.99 Å². The maximum absolute atomic E-state index is 12.7. The lowest BCUT2D eigenvalue weighted by molar-refractivity contribution is -0.137. The van der Waals surface area contributed by atoms with Crippen molar-refractivity contribution in [1.82, 2.24) is 25.0 Å². The van der Waals surface area contributed by atoms with E-state index in [0.717, 1.165) is 29.9 Å². The van der Waals surface area contributed by atoms with Gasteiger partial charge in [-0.2, -0.15) is 13.2 Å². The minimum Gasteiger partial charge on any atom is -0.354 e. The zero-order valence-electron chi connectivity index (χ0n) is 17.8. The molecule has 0 atom stereocenters. The summed E-state index contributed by atoms with van der Waals surface area (Å²) in [6.07, 6.45) is -1.81. The predicted molar refractivity (Wildman–Crippen MR) is 123 cm³/mol. The fraction of sp³-hybridized carbons (Fsp3) is 0.550. The Labute approximate surface area is 193 Å². The van der Waals surface area contributed by atoms with Crippen LogP contribution in [0.2, 0.25) is 0 Å². The number of halogens is 4. The Morgan fingerprint density at radius 1 is 1.23 bits per heavy atom. The molecule has 0 saturated carbocycles. The summed E-state index contributed by atoms with van der Waals surface area (Å²) in [4.78, 5) is 6.56. The van der Waals surface area contributed by atoms with Crippen LogP contribution in [0.5, 0.6) is 0 Å². The van der Waals surface area contributed by atoms with E-state index < -0.39 is 11.7 Å². The van der Waals surface area contributed by atoms with Gasteiger partial charge in [0.1, 0.15) is 12.2 Å². The van der Waals surface area contributed by atoms with E-state index in [1.807, 2.05) is 23.4 Å². The summed E-state index contributed by atoms with van der Waals surface area (Å²) in [5.74, 6) is 2.03. The number of aryl methyl sites for hydroxylation is 1. The van der Waals surface area contributed by atoms with Crippen molar-refractivity contribution in [2.45, 2.75) is 46.5 Å². The van der Waals surface area contributed by atoms with Gasteiger partial charge in [-0.15, -0.1) is 34.2 Å². The molecule has 0 spiro atoms. The topological polar surface area (TPSA) is 58.3 Å². The third-order valence-electron chi connectivity index (χ3n) is 4.32. The highest BCUT2D eigenvalue weighted by Gasteiger charge is 2.29. The zero-order valence-corrected chi connectivity index (χ0v) is 20.1. The summed E-state index contributed by atoms with van der Waals surface area (Å²) in [6.45, 7) is 8.65. The van der Waals surface area contributed by atoms with E-state index >= 15 is 0 Å². The molecule has 0 aliphatic carbocycles. The number of nitrogens with zero attached hydrogens (tertiary/aromatic N) is 5. The van der Waals surface area contributed by atoms with E-state index in [0.29, 0.717) is 38.1 Å². The summed E-state index contributed by atoms with van der Waals surface area (Å²) in [5, 5.41) is 11.3. The number of hydrogen-bond acceptors (Lipinski definition) is 3. The van der Waals surface area contributed by atoms with Crippen LogP contribution in [0.4, 0.5) is 13.2 Å². The lowest BCUT2D eigenvalue weighted by atomic mass is 10.1. The molecule has 2 aromatic rings. The Bertz CT molecular complexity index is 787. The largest absolute Gasteiger partial charge is 0.416 e. The highest BCUT2D eigenvalue weighted by Crippen LogP contribution is 2.29. The minimum atomic E-state index is -4.32. The van der Waals surface area contributed by atoms with E-state index in [1.54, 1.807) is 6.33 Å². The van der Waals surface area contributed by atoms with Gasteiger partial charge in [-0.1, -0.05) is 32.9 Å². The molecule has 0 aliphatic heterocycles. The molecule has 0 radical (unpaired) electrons. The highest BCUT2D eigenvalue weighted by atomic mass is 127. The molecular formula is C20H30F3IN6. The SMILES string of the molecule is CCc1nncn1CCNC(=NCC(C)C)N(C)Cc1ccc(C(F)(F)F)cc1.I. The van der Waals surface area contributed by atoms with E-state index in [1.165, 1.54) is 12.1 Å². The fourth-order valence-electron chi connectivity index (χ4n) is 2.76. The number of hydrogen-bond donors (Lipinski definition) is 1. The van der Waals surface area contributed by atoms with Crippen molar-refractivity contribution in [2.24, 2.45) is 10.9 Å². The first kappa shape index (κ1) is 26.2. The zero-order chi connectivity index (χ0) is 21.4. The predicted octanol–water partition coefficient (Wildman–Crippen LogP) is 4.21. The van der Waals surface area contributed by atoms with Gasteiger partial charge in [-0.05, 0) is 23.6 Å². The van der Waals surface area contributed by atoms with Gasteiger partial charge < -0.3 is 14.8 Å². The number of benzene rings is 1. The van der Waals surface area contributed by atoms with Crippen LogP contribution in [0.15, 0.2) is 35.6 Å². The molecule has 1 aromatic heterocycles. The van der Waals surface area contributed by atoms with Crippen molar-refractivity contribution >= 4 is 29.9 Å². The molecule has 0 aliphatic rings. The summed E-state index contributed by atoms with van der Waals surface area (Å²) < 4.78 is 40.2. The van der Waals surface area contributed by atoms with Gasteiger partial charge in [0, 0.05) is 39.6 Å². The van der Waals surface area contributed by atoms with Crippen LogP contribution in [-0.2, 0) is 25.7 Å². The first-order valence-electron chi connectivity index (χ1n) is 9.73. The maximum Gasteiger partial charge on any atom is 0.416 e. The monoisotopic (exact) mass is 538 g/mol. The van der Waals surface area contributed by atoms with E-state index in [4.69, 9.17) is 0 Å². The van der Waals surface area contributed by atoms with Crippen LogP contribution in [0, 0.1) is 5.92 Å². The lowest BCUT2D eigenvalue weighted by Gasteiger charge is -2.23. The van der Waals surface area contributed by atoms with Crippen LogP contribution in [-0.4, -0.2) is 45.8 Å². The number of rotatable bonds is 8. The van der Waals surface area contributed by atoms with Gasteiger partial charge in [0.15, 0.2) is 5.96 Å². The molecule has 168 valence electrons. The first-order chi connectivity index (χ1) is 13.7. The lowest BCUT2D eigenvalue weighted by Crippen LogP contribution is -2.40. The van der Waals surface area contributed by atoms with Gasteiger partial charge in [0.05, 0.1) is 5.56 Å². The average molecular weight is 538 g/mol. The summed E-state index contributed by atoms with van der Waals surface area (Å²) >= 11 is 0. The van der Waals surface area contributed by atoms with Gasteiger partial charge >= 0.3 is 6.18 Å². The van der Waals surface area contributed by atoms with Crippen LogP contribution < -0.4 is 5.32 Å². The first-order valence-corrected chi connectivity index (χ1v) is 9.73. The molecule has 10 heteroatoms. The van der Waals surface area contributed by atoms with Crippen molar-refractivity contribution in [3.8, 4) is 0 Å². The Kier molecular flexibility index (Phi) is 10.6. The smallest absolute Gasteiger partial charge is 0.354 e. The molecular weight excluding hydrogens is 508 g/mol. The van der Waals surface area contributed by atoms with Gasteiger partial charge in [0.2, 0.25) is 0 Å². The van der Waals surface area contributed by atoms with E-state index in [9.17, 15) is 13.2 Å². The normalized spacial score (nSPS) is 12.1. The van der Waals surface area contributed by atoms with Crippen molar-refractivity contribution in [2.75, 3.05) is 20.1 Å². The third-order valence-corrected chi connectivity index (χ3v) is 4.32. The molecule has 0 amide bonds. The number of guanidine groups is 1. The van der Waals surface area contributed by atoms with E-state index in [-0.39, 0.29) is 24.0 Å². The second kappa shape index (κ2) is 12.1. The molecule has 0 saturated heterocycles. The maximum atomic E-state index is 12.7. The Morgan fingerprint density at radius 2 is 1.90 bits per heavy atom. The Morgan fingerprint density at radius 3 is 2.47 bits per heavy atom. The van der Waals surface area contributed by atoms with Gasteiger partial charge in [-0.25, -0.2) is 0 Å². The van der Waals surface area contributed by atoms with Crippen LogP contribution >= 0.6 is 24.0 Å². The standard InChI is InChI=1S/C20H29F3N6.HI/c1-5-18-27-26-14-29(18)11-10-24-19(25-12-15(2)3)28(4)13-16-6-8-17(9-7-16)20(21,22)23;/h6-9,14-15H,5,10-13H2,1-4H3,(H,24,25);1H.